The molecule has 1 aliphatic heterocycles. The van der Waals surface area contributed by atoms with Gasteiger partial charge in [0.05, 0.1) is 17.9 Å². The summed E-state index contributed by atoms with van der Waals surface area (Å²) in [6.07, 6.45) is 2.99. The summed E-state index contributed by atoms with van der Waals surface area (Å²) in [5.74, 6) is 1.21. The molecule has 0 spiro atoms. The highest BCUT2D eigenvalue weighted by Crippen LogP contribution is 2.34. The van der Waals surface area contributed by atoms with Crippen LogP contribution in [-0.4, -0.2) is 36.9 Å². The van der Waals surface area contributed by atoms with Crippen molar-refractivity contribution in [2.75, 3.05) is 0 Å². The third-order valence-electron chi connectivity index (χ3n) is 3.84. The van der Waals surface area contributed by atoms with E-state index in [1.54, 1.807) is 12.4 Å². The van der Waals surface area contributed by atoms with Crippen LogP contribution in [0.5, 0.6) is 5.88 Å². The van der Waals surface area contributed by atoms with Gasteiger partial charge in [-0.3, -0.25) is 0 Å². The zero-order chi connectivity index (χ0) is 16.9. The Labute approximate surface area is 146 Å². The minimum Gasteiger partial charge on any atom is -0.469 e. The highest BCUT2D eigenvalue weighted by molar-refractivity contribution is 7.18. The molecule has 1 atom stereocenters. The van der Waals surface area contributed by atoms with Crippen molar-refractivity contribution in [2.45, 2.75) is 32.0 Å². The number of hydrogen-bond acceptors (Lipinski definition) is 8. The number of aliphatic hydroxyl groups excluding tert-OH is 1. The minimum atomic E-state index is -0.663. The Kier molecular flexibility index (Phi) is 3.56. The number of pyridine rings is 1. The average Bonchev–Trinajstić information content (AvgIpc) is 3.16. The molecule has 1 N–H and O–H groups in total. The van der Waals surface area contributed by atoms with Crippen molar-refractivity contribution in [1.29, 1.82) is 0 Å². The van der Waals surface area contributed by atoms with Crippen LogP contribution in [0, 0.1) is 0 Å². The van der Waals surface area contributed by atoms with Gasteiger partial charge in [-0.2, -0.15) is 4.98 Å². The van der Waals surface area contributed by atoms with Crippen molar-refractivity contribution in [3.8, 4) is 28.2 Å². The number of nitrogens with zero attached hydrogens (tertiary/aromatic N) is 4. The van der Waals surface area contributed by atoms with Crippen molar-refractivity contribution in [2.24, 2.45) is 0 Å². The van der Waals surface area contributed by atoms with Gasteiger partial charge in [0.2, 0.25) is 11.7 Å². The van der Waals surface area contributed by atoms with Crippen LogP contribution in [0.15, 0.2) is 23.0 Å². The number of ether oxygens (including phenoxy) is 1. The number of hydrogen-bond donors (Lipinski definition) is 1. The van der Waals surface area contributed by atoms with Gasteiger partial charge in [-0.25, -0.2) is 9.97 Å². The van der Waals surface area contributed by atoms with Gasteiger partial charge in [0.25, 0.3) is 5.89 Å². The maximum Gasteiger partial charge on any atom is 0.259 e. The number of aromatic nitrogens is 4. The normalized spacial score (nSPS) is 18.9. The Hall–Kier alpha value is -2.03. The predicted octanol–water partition coefficient (Wildman–Crippen LogP) is 2.98. The van der Waals surface area contributed by atoms with E-state index in [4.69, 9.17) is 20.9 Å². The molecular weight excluding hydrogens is 352 g/mol. The molecule has 9 heteroatoms. The minimum absolute atomic E-state index is 0.325. The highest BCUT2D eigenvalue weighted by Gasteiger charge is 2.36. The van der Waals surface area contributed by atoms with E-state index < -0.39 is 11.7 Å². The molecular formula is C15H13ClN4O3S. The van der Waals surface area contributed by atoms with Crippen molar-refractivity contribution >= 4 is 22.9 Å². The van der Waals surface area contributed by atoms with E-state index >= 15 is 0 Å². The fraction of sp³-hybridized carbons (Fsp3) is 0.333. The molecule has 4 rings (SSSR count). The van der Waals surface area contributed by atoms with Crippen molar-refractivity contribution in [1.82, 2.24) is 20.1 Å². The van der Waals surface area contributed by atoms with Crippen LogP contribution >= 0.6 is 22.9 Å². The quantitative estimate of drug-likeness (QED) is 0.746. The van der Waals surface area contributed by atoms with E-state index in [1.807, 2.05) is 19.9 Å². The standard InChI is InChI=1S/C15H13ClN4O3S/c1-15(2)9(21)4-7-3-8(5-17-12(7)22-15)13-19-11(20-23-13)14-18-6-10(16)24-14/h3,5-6,9,21H,4H2,1-2H3. The van der Waals surface area contributed by atoms with Gasteiger partial charge < -0.3 is 14.4 Å². The second kappa shape index (κ2) is 5.51. The third kappa shape index (κ3) is 2.66. The molecule has 1 aliphatic rings. The van der Waals surface area contributed by atoms with Crippen LogP contribution in [-0.2, 0) is 6.42 Å². The summed E-state index contributed by atoms with van der Waals surface area (Å²) in [6, 6.07) is 1.84. The Balaban J connectivity index is 1.67. The molecule has 4 heterocycles. The fourth-order valence-corrected chi connectivity index (χ4v) is 3.25. The van der Waals surface area contributed by atoms with E-state index in [9.17, 15) is 5.11 Å². The number of aliphatic hydroxyl groups is 1. The van der Waals surface area contributed by atoms with Crippen molar-refractivity contribution in [3.63, 3.8) is 0 Å². The molecule has 7 nitrogen and oxygen atoms in total. The lowest BCUT2D eigenvalue weighted by molar-refractivity contribution is -0.0442. The molecule has 0 fully saturated rings. The molecule has 0 aromatic carbocycles. The zero-order valence-corrected chi connectivity index (χ0v) is 14.4. The Morgan fingerprint density at radius 2 is 2.17 bits per heavy atom. The van der Waals surface area contributed by atoms with Crippen LogP contribution in [0.25, 0.3) is 22.3 Å². The van der Waals surface area contributed by atoms with E-state index in [0.29, 0.717) is 38.9 Å². The van der Waals surface area contributed by atoms with Crippen LogP contribution in [0.4, 0.5) is 0 Å². The maximum atomic E-state index is 10.2. The fourth-order valence-electron chi connectivity index (χ4n) is 2.41. The van der Waals surface area contributed by atoms with Crippen LogP contribution < -0.4 is 4.74 Å². The smallest absolute Gasteiger partial charge is 0.259 e. The first-order chi connectivity index (χ1) is 11.4. The molecule has 0 radical (unpaired) electrons. The maximum absolute atomic E-state index is 10.2. The average molecular weight is 365 g/mol. The topological polar surface area (TPSA) is 94.2 Å². The summed E-state index contributed by atoms with van der Waals surface area (Å²) in [4.78, 5) is 12.8. The number of rotatable bonds is 2. The van der Waals surface area contributed by atoms with Gasteiger partial charge in [-0.15, -0.1) is 0 Å². The summed E-state index contributed by atoms with van der Waals surface area (Å²) in [7, 11) is 0. The Bertz CT molecular complexity index is 908. The van der Waals surface area contributed by atoms with E-state index in [-0.39, 0.29) is 0 Å². The first-order valence-electron chi connectivity index (χ1n) is 7.24. The molecule has 0 saturated heterocycles. The molecule has 124 valence electrons. The monoisotopic (exact) mass is 364 g/mol. The number of halogens is 1. The SMILES string of the molecule is CC1(C)Oc2ncc(-c3nc(-c4ncc(Cl)s4)no3)cc2CC1O. The second-order valence-corrected chi connectivity index (χ2v) is 7.67. The molecule has 0 aliphatic carbocycles. The van der Waals surface area contributed by atoms with E-state index in [2.05, 4.69) is 20.1 Å². The predicted molar refractivity (Wildman–Crippen MR) is 88.1 cm³/mol. The lowest BCUT2D eigenvalue weighted by Gasteiger charge is -2.36. The number of fused-ring (bicyclic) bond motifs is 1. The molecule has 24 heavy (non-hydrogen) atoms. The van der Waals surface area contributed by atoms with Gasteiger partial charge in [-0.05, 0) is 19.9 Å². The summed E-state index contributed by atoms with van der Waals surface area (Å²) in [6.45, 7) is 3.67. The lowest BCUT2D eigenvalue weighted by Crippen LogP contribution is -2.46. The van der Waals surface area contributed by atoms with Crippen LogP contribution in [0.1, 0.15) is 19.4 Å². The van der Waals surface area contributed by atoms with Crippen molar-refractivity contribution < 1.29 is 14.4 Å². The van der Waals surface area contributed by atoms with Crippen LogP contribution in [0.3, 0.4) is 0 Å². The Morgan fingerprint density at radius 3 is 2.92 bits per heavy atom. The van der Waals surface area contributed by atoms with Crippen LogP contribution in [0.2, 0.25) is 4.34 Å². The zero-order valence-electron chi connectivity index (χ0n) is 12.9. The summed E-state index contributed by atoms with van der Waals surface area (Å²) >= 11 is 7.15. The molecule has 0 amide bonds. The van der Waals surface area contributed by atoms with Gasteiger partial charge in [-0.1, -0.05) is 28.1 Å². The van der Waals surface area contributed by atoms with Crippen molar-refractivity contribution in [3.05, 3.63) is 28.4 Å². The second-order valence-electron chi connectivity index (χ2n) is 6.01. The van der Waals surface area contributed by atoms with Gasteiger partial charge in [0.15, 0.2) is 5.01 Å². The van der Waals surface area contributed by atoms with E-state index in [1.165, 1.54) is 11.3 Å². The van der Waals surface area contributed by atoms with E-state index in [0.717, 1.165) is 5.56 Å². The highest BCUT2D eigenvalue weighted by atomic mass is 35.5. The Morgan fingerprint density at radius 1 is 1.33 bits per heavy atom. The molecule has 0 saturated carbocycles. The summed E-state index contributed by atoms with van der Waals surface area (Å²) in [5, 5.41) is 14.7. The largest absolute Gasteiger partial charge is 0.469 e. The first kappa shape index (κ1) is 15.5. The van der Waals surface area contributed by atoms with Gasteiger partial charge in [0, 0.05) is 18.2 Å². The third-order valence-corrected chi connectivity index (χ3v) is 4.95. The molecule has 0 bridgehead atoms. The summed E-state index contributed by atoms with van der Waals surface area (Å²) in [5.41, 5.74) is 0.797. The van der Waals surface area contributed by atoms with Gasteiger partial charge >= 0.3 is 0 Å². The van der Waals surface area contributed by atoms with Gasteiger partial charge in [0.1, 0.15) is 9.94 Å². The molecule has 3 aromatic rings. The molecule has 1 unspecified atom stereocenters. The molecule has 3 aromatic heterocycles. The summed E-state index contributed by atoms with van der Waals surface area (Å²) < 4.78 is 11.6. The number of thiazole rings is 1. The lowest BCUT2D eigenvalue weighted by atomic mass is 9.92. The first-order valence-corrected chi connectivity index (χ1v) is 8.43.